The zero-order valence-electron chi connectivity index (χ0n) is 16.7. The predicted molar refractivity (Wildman–Crippen MR) is 124 cm³/mol. The Labute approximate surface area is 183 Å². The molecule has 2 N–H and O–H groups in total. The number of aliphatic imine (C=N–C) groups is 1. The van der Waals surface area contributed by atoms with E-state index in [0.29, 0.717) is 17.5 Å². The zero-order valence-corrected chi connectivity index (χ0v) is 19.0. The van der Waals surface area contributed by atoms with Crippen molar-refractivity contribution < 1.29 is 13.9 Å². The first-order valence-corrected chi connectivity index (χ1v) is 8.73. The smallest absolute Gasteiger partial charge is 0.195 e. The molecule has 154 valence electrons. The van der Waals surface area contributed by atoms with Crippen LogP contribution < -0.4 is 25.0 Å². The first kappa shape index (κ1) is 23.8. The molecule has 0 spiro atoms. The highest BCUT2D eigenvalue weighted by Gasteiger charge is 2.06. The van der Waals surface area contributed by atoms with Crippen LogP contribution in [-0.2, 0) is 0 Å². The van der Waals surface area contributed by atoms with Crippen LogP contribution in [-0.4, -0.2) is 47.4 Å². The van der Waals surface area contributed by atoms with E-state index in [-0.39, 0.29) is 29.8 Å². The molecule has 0 radical (unpaired) electrons. The minimum Gasteiger partial charge on any atom is -0.493 e. The number of hydrogen-bond donors (Lipinski definition) is 2. The number of methoxy groups -OCH3 is 2. The zero-order chi connectivity index (χ0) is 19.6. The van der Waals surface area contributed by atoms with Gasteiger partial charge < -0.3 is 25.0 Å². The molecule has 0 aliphatic heterocycles. The van der Waals surface area contributed by atoms with Crippen molar-refractivity contribution in [2.75, 3.05) is 51.6 Å². The lowest BCUT2D eigenvalue weighted by atomic mass is 10.2. The summed E-state index contributed by atoms with van der Waals surface area (Å²) in [6, 6.07) is 12.2. The molecule has 0 aliphatic carbocycles. The minimum atomic E-state index is -0.225. The molecule has 0 unspecified atom stereocenters. The van der Waals surface area contributed by atoms with Crippen LogP contribution in [0.5, 0.6) is 11.5 Å². The summed E-state index contributed by atoms with van der Waals surface area (Å²) in [5.74, 6) is 1.76. The summed E-state index contributed by atoms with van der Waals surface area (Å²) >= 11 is 0. The molecule has 0 fully saturated rings. The highest BCUT2D eigenvalue weighted by Crippen LogP contribution is 2.29. The van der Waals surface area contributed by atoms with Gasteiger partial charge in [0.1, 0.15) is 5.82 Å². The maximum Gasteiger partial charge on any atom is 0.195 e. The Morgan fingerprint density at radius 2 is 1.86 bits per heavy atom. The summed E-state index contributed by atoms with van der Waals surface area (Å²) in [6.07, 6.45) is 0.875. The summed E-state index contributed by atoms with van der Waals surface area (Å²) in [4.78, 5) is 6.25. The molecule has 0 heterocycles. The fourth-order valence-electron chi connectivity index (χ4n) is 2.60. The SMILES string of the molecule is CN=C(NCCCN(C)c1cccc(F)c1)Nc1ccc(OC)c(OC)c1.I. The van der Waals surface area contributed by atoms with Crippen molar-refractivity contribution in [3.05, 3.63) is 48.3 Å². The lowest BCUT2D eigenvalue weighted by molar-refractivity contribution is 0.355. The molecular weight excluding hydrogens is 474 g/mol. The minimum absolute atomic E-state index is 0. The van der Waals surface area contributed by atoms with Crippen LogP contribution in [0, 0.1) is 5.82 Å². The van der Waals surface area contributed by atoms with Crippen molar-refractivity contribution in [3.8, 4) is 11.5 Å². The third-order valence-electron chi connectivity index (χ3n) is 4.08. The Balaban J connectivity index is 0.00000392. The molecule has 0 amide bonds. The number of ether oxygens (including phenoxy) is 2. The van der Waals surface area contributed by atoms with E-state index in [1.54, 1.807) is 27.3 Å². The van der Waals surface area contributed by atoms with Crippen molar-refractivity contribution in [1.82, 2.24) is 5.32 Å². The summed E-state index contributed by atoms with van der Waals surface area (Å²) in [5.41, 5.74) is 1.71. The van der Waals surface area contributed by atoms with Crippen LogP contribution in [0.3, 0.4) is 0 Å². The second kappa shape index (κ2) is 12.3. The van der Waals surface area contributed by atoms with E-state index in [1.165, 1.54) is 12.1 Å². The standard InChI is InChI=1S/C20H27FN4O2.HI/c1-22-20(24-16-9-10-18(26-3)19(14-16)27-4)23-11-6-12-25(2)17-8-5-7-15(21)13-17;/h5,7-10,13-14H,6,11-12H2,1-4H3,(H2,22,23,24);1H. The van der Waals surface area contributed by atoms with Crippen molar-refractivity contribution in [2.24, 2.45) is 4.99 Å². The number of hydrogen-bond acceptors (Lipinski definition) is 4. The fourth-order valence-corrected chi connectivity index (χ4v) is 2.60. The normalized spacial score (nSPS) is 10.7. The summed E-state index contributed by atoms with van der Waals surface area (Å²) in [7, 11) is 6.87. The van der Waals surface area contributed by atoms with Crippen molar-refractivity contribution in [1.29, 1.82) is 0 Å². The molecule has 28 heavy (non-hydrogen) atoms. The molecule has 2 rings (SSSR count). The van der Waals surface area contributed by atoms with Crippen molar-refractivity contribution in [3.63, 3.8) is 0 Å². The Morgan fingerprint density at radius 1 is 1.11 bits per heavy atom. The number of anilines is 2. The van der Waals surface area contributed by atoms with Gasteiger partial charge in [-0.25, -0.2) is 4.39 Å². The van der Waals surface area contributed by atoms with Gasteiger partial charge in [0.2, 0.25) is 0 Å². The molecule has 2 aromatic carbocycles. The van der Waals surface area contributed by atoms with E-state index in [4.69, 9.17) is 9.47 Å². The van der Waals surface area contributed by atoms with E-state index < -0.39 is 0 Å². The van der Waals surface area contributed by atoms with Crippen molar-refractivity contribution in [2.45, 2.75) is 6.42 Å². The van der Waals surface area contributed by atoms with Crippen LogP contribution in [0.15, 0.2) is 47.5 Å². The first-order valence-electron chi connectivity index (χ1n) is 8.73. The molecule has 0 atom stereocenters. The molecule has 0 saturated carbocycles. The predicted octanol–water partition coefficient (Wildman–Crippen LogP) is 3.97. The number of guanidine groups is 1. The maximum atomic E-state index is 13.3. The van der Waals surface area contributed by atoms with E-state index in [9.17, 15) is 4.39 Å². The second-order valence-corrected chi connectivity index (χ2v) is 5.95. The van der Waals surface area contributed by atoms with Gasteiger partial charge in [0, 0.05) is 44.6 Å². The van der Waals surface area contributed by atoms with Crippen LogP contribution in [0.1, 0.15) is 6.42 Å². The van der Waals surface area contributed by atoms with Gasteiger partial charge in [-0.15, -0.1) is 24.0 Å². The third kappa shape index (κ3) is 7.06. The molecule has 2 aromatic rings. The van der Waals surface area contributed by atoms with E-state index >= 15 is 0 Å². The van der Waals surface area contributed by atoms with Crippen LogP contribution in [0.4, 0.5) is 15.8 Å². The summed E-state index contributed by atoms with van der Waals surface area (Å²) in [5, 5.41) is 6.49. The third-order valence-corrected chi connectivity index (χ3v) is 4.08. The van der Waals surface area contributed by atoms with Gasteiger partial charge >= 0.3 is 0 Å². The fraction of sp³-hybridized carbons (Fsp3) is 0.350. The Bertz CT molecular complexity index is 774. The number of rotatable bonds is 8. The van der Waals surface area contributed by atoms with Gasteiger partial charge in [-0.1, -0.05) is 6.07 Å². The van der Waals surface area contributed by atoms with Gasteiger partial charge in [-0.2, -0.15) is 0 Å². The van der Waals surface area contributed by atoms with E-state index in [2.05, 4.69) is 15.6 Å². The van der Waals surface area contributed by atoms with E-state index in [1.807, 2.05) is 36.2 Å². The average Bonchev–Trinajstić information content (AvgIpc) is 2.69. The maximum absolute atomic E-state index is 13.3. The first-order chi connectivity index (χ1) is 13.1. The number of halogens is 2. The Kier molecular flexibility index (Phi) is 10.4. The number of benzene rings is 2. The van der Waals surface area contributed by atoms with Gasteiger partial charge in [0.25, 0.3) is 0 Å². The summed E-state index contributed by atoms with van der Waals surface area (Å²) in [6.45, 7) is 1.52. The monoisotopic (exact) mass is 502 g/mol. The van der Waals surface area contributed by atoms with E-state index in [0.717, 1.165) is 30.9 Å². The second-order valence-electron chi connectivity index (χ2n) is 5.95. The lowest BCUT2D eigenvalue weighted by Crippen LogP contribution is -2.33. The molecular formula is C20H28FIN4O2. The quantitative estimate of drug-likeness (QED) is 0.248. The van der Waals surface area contributed by atoms with Crippen LogP contribution >= 0.6 is 24.0 Å². The molecule has 0 bridgehead atoms. The number of nitrogens with one attached hydrogen (secondary N) is 2. The van der Waals surface area contributed by atoms with Gasteiger partial charge in [-0.3, -0.25) is 4.99 Å². The lowest BCUT2D eigenvalue weighted by Gasteiger charge is -2.20. The topological polar surface area (TPSA) is 58.1 Å². The average molecular weight is 502 g/mol. The molecule has 0 aromatic heterocycles. The number of nitrogens with zero attached hydrogens (tertiary/aromatic N) is 2. The molecule has 0 saturated heterocycles. The highest BCUT2D eigenvalue weighted by molar-refractivity contribution is 14.0. The highest BCUT2D eigenvalue weighted by atomic mass is 127. The Morgan fingerprint density at radius 3 is 2.50 bits per heavy atom. The Hall–Kier alpha value is -2.23. The molecule has 0 aliphatic rings. The van der Waals surface area contributed by atoms with Crippen LogP contribution in [0.2, 0.25) is 0 Å². The molecule has 6 nitrogen and oxygen atoms in total. The van der Waals surface area contributed by atoms with Crippen molar-refractivity contribution >= 4 is 41.3 Å². The van der Waals surface area contributed by atoms with Gasteiger partial charge in [0.15, 0.2) is 17.5 Å². The van der Waals surface area contributed by atoms with Gasteiger partial charge in [0.05, 0.1) is 14.2 Å². The molecule has 8 heteroatoms. The van der Waals surface area contributed by atoms with Gasteiger partial charge in [-0.05, 0) is 36.8 Å². The largest absolute Gasteiger partial charge is 0.493 e. The summed E-state index contributed by atoms with van der Waals surface area (Å²) < 4.78 is 23.8. The van der Waals surface area contributed by atoms with Crippen LogP contribution in [0.25, 0.3) is 0 Å².